The van der Waals surface area contributed by atoms with Crippen LogP contribution in [0.15, 0.2) is 109 Å². The Morgan fingerprint density at radius 1 is 0.939 bits per heavy atom. The van der Waals surface area contributed by atoms with Gasteiger partial charge in [-0.15, -0.1) is 0 Å². The maximum atomic E-state index is 15.1. The van der Waals surface area contributed by atoms with Crippen molar-refractivity contribution in [2.24, 2.45) is 5.73 Å². The number of pyridine rings is 1. The van der Waals surface area contributed by atoms with Crippen LogP contribution in [0.4, 0.5) is 14.5 Å². The maximum Gasteiger partial charge on any atom is 0.147 e. The fourth-order valence-electron chi connectivity index (χ4n) is 4.62. The number of hydrogen-bond acceptors (Lipinski definition) is 3. The van der Waals surface area contributed by atoms with E-state index >= 15 is 8.78 Å². The smallest absolute Gasteiger partial charge is 0.147 e. The zero-order valence-electron chi connectivity index (χ0n) is 18.0. The first-order chi connectivity index (χ1) is 16.1. The molecule has 0 bridgehead atoms. The van der Waals surface area contributed by atoms with Crippen molar-refractivity contribution in [2.75, 3.05) is 4.90 Å². The molecule has 2 heterocycles. The SMILES string of the molecule is NC1=C(F)CC(Cc2ccccc2)(N(Cc2ccccc2)c2ccnc3[nH]ccc23)C=C1F. The molecule has 3 N–H and O–H groups in total. The molecule has 0 radical (unpaired) electrons. The van der Waals surface area contributed by atoms with Crippen LogP contribution < -0.4 is 10.6 Å². The number of aromatic amines is 1. The highest BCUT2D eigenvalue weighted by Crippen LogP contribution is 2.42. The maximum absolute atomic E-state index is 15.1. The standard InChI is InChI=1S/C27H24F2N4/c28-22-16-27(17-23(29)25(22)30,15-19-7-3-1-4-8-19)33(18-20-9-5-2-6-10-20)24-12-14-32-26-21(24)11-13-31-26/h1-14,16H,15,17-18,30H2,(H,31,32). The van der Waals surface area contributed by atoms with E-state index in [0.717, 1.165) is 27.8 Å². The molecule has 1 atom stereocenters. The molecule has 33 heavy (non-hydrogen) atoms. The monoisotopic (exact) mass is 442 g/mol. The van der Waals surface area contributed by atoms with Crippen molar-refractivity contribution in [1.29, 1.82) is 0 Å². The zero-order valence-corrected chi connectivity index (χ0v) is 18.0. The fraction of sp³-hybridized carbons (Fsp3) is 0.148. The second-order valence-corrected chi connectivity index (χ2v) is 8.40. The van der Waals surface area contributed by atoms with Crippen molar-refractivity contribution in [2.45, 2.75) is 24.9 Å². The average molecular weight is 443 g/mol. The number of hydrogen-bond donors (Lipinski definition) is 2. The Hall–Kier alpha value is -3.93. The summed E-state index contributed by atoms with van der Waals surface area (Å²) in [6.07, 6.45) is 5.39. The number of rotatable bonds is 6. The van der Waals surface area contributed by atoms with Gasteiger partial charge >= 0.3 is 0 Å². The van der Waals surface area contributed by atoms with Gasteiger partial charge in [-0.2, -0.15) is 0 Å². The van der Waals surface area contributed by atoms with Crippen LogP contribution in [-0.2, 0) is 13.0 Å². The second kappa shape index (κ2) is 8.54. The molecule has 0 spiro atoms. The van der Waals surface area contributed by atoms with Gasteiger partial charge in [0.2, 0.25) is 0 Å². The van der Waals surface area contributed by atoms with E-state index < -0.39 is 22.9 Å². The third-order valence-corrected chi connectivity index (χ3v) is 6.21. The molecule has 0 amide bonds. The minimum absolute atomic E-state index is 0.0395. The summed E-state index contributed by atoms with van der Waals surface area (Å²) in [5, 5.41) is 0.887. The van der Waals surface area contributed by atoms with E-state index in [2.05, 4.69) is 14.9 Å². The van der Waals surface area contributed by atoms with Gasteiger partial charge in [0, 0.05) is 30.7 Å². The summed E-state index contributed by atoms with van der Waals surface area (Å²) in [4.78, 5) is 9.63. The molecule has 1 unspecified atom stereocenters. The largest absolute Gasteiger partial charge is 0.394 e. The Balaban J connectivity index is 1.72. The minimum Gasteiger partial charge on any atom is -0.394 e. The van der Waals surface area contributed by atoms with E-state index in [1.165, 1.54) is 6.08 Å². The number of fused-ring (bicyclic) bond motifs is 1. The van der Waals surface area contributed by atoms with Crippen LogP contribution in [0.2, 0.25) is 0 Å². The molecule has 166 valence electrons. The number of halogens is 2. The van der Waals surface area contributed by atoms with Gasteiger partial charge < -0.3 is 15.6 Å². The molecule has 2 aromatic heterocycles. The van der Waals surface area contributed by atoms with Gasteiger partial charge in [-0.25, -0.2) is 13.8 Å². The van der Waals surface area contributed by atoms with Gasteiger partial charge in [0.1, 0.15) is 17.3 Å². The minimum atomic E-state index is -1.01. The third-order valence-electron chi connectivity index (χ3n) is 6.21. The van der Waals surface area contributed by atoms with Crippen LogP contribution in [-0.4, -0.2) is 15.5 Å². The predicted molar refractivity (Wildman–Crippen MR) is 128 cm³/mol. The summed E-state index contributed by atoms with van der Waals surface area (Å²) < 4.78 is 30.2. The number of H-pyrrole nitrogens is 1. The number of anilines is 1. The van der Waals surface area contributed by atoms with Crippen LogP contribution in [0.25, 0.3) is 11.0 Å². The van der Waals surface area contributed by atoms with E-state index in [4.69, 9.17) is 5.73 Å². The van der Waals surface area contributed by atoms with Gasteiger partial charge in [-0.05, 0) is 35.8 Å². The predicted octanol–water partition coefficient (Wildman–Crippen LogP) is 5.95. The molecular weight excluding hydrogens is 418 g/mol. The first kappa shape index (κ1) is 20.9. The molecule has 0 saturated heterocycles. The van der Waals surface area contributed by atoms with E-state index in [-0.39, 0.29) is 6.42 Å². The summed E-state index contributed by atoms with van der Waals surface area (Å²) >= 11 is 0. The highest BCUT2D eigenvalue weighted by Gasteiger charge is 2.41. The summed E-state index contributed by atoms with van der Waals surface area (Å²) in [7, 11) is 0. The van der Waals surface area contributed by atoms with Crippen molar-refractivity contribution >= 4 is 16.7 Å². The number of nitrogens with two attached hydrogens (primary N) is 1. The third kappa shape index (κ3) is 4.00. The van der Waals surface area contributed by atoms with Gasteiger partial charge in [0.25, 0.3) is 0 Å². The van der Waals surface area contributed by atoms with Crippen molar-refractivity contribution in [3.05, 3.63) is 120 Å². The van der Waals surface area contributed by atoms with E-state index in [0.29, 0.717) is 13.0 Å². The Bertz CT molecular complexity index is 1330. The molecule has 6 heteroatoms. The highest BCUT2D eigenvalue weighted by atomic mass is 19.1. The Kier molecular flexibility index (Phi) is 5.42. The molecule has 1 aliphatic carbocycles. The number of aromatic nitrogens is 2. The number of benzene rings is 2. The Labute approximate surface area is 191 Å². The number of nitrogens with one attached hydrogen (secondary N) is 1. The summed E-state index contributed by atoms with van der Waals surface area (Å²) in [5.74, 6) is -1.37. The Morgan fingerprint density at radius 3 is 2.33 bits per heavy atom. The highest BCUT2D eigenvalue weighted by molar-refractivity contribution is 5.90. The first-order valence-corrected chi connectivity index (χ1v) is 10.9. The second-order valence-electron chi connectivity index (χ2n) is 8.40. The fourth-order valence-corrected chi connectivity index (χ4v) is 4.62. The normalized spacial score (nSPS) is 18.4. The van der Waals surface area contributed by atoms with Crippen LogP contribution in [0.1, 0.15) is 17.5 Å². The van der Waals surface area contributed by atoms with Gasteiger partial charge in [-0.1, -0.05) is 60.7 Å². The molecule has 2 aromatic carbocycles. The van der Waals surface area contributed by atoms with Crippen molar-refractivity contribution in [3.63, 3.8) is 0 Å². The topological polar surface area (TPSA) is 57.9 Å². The van der Waals surface area contributed by atoms with Gasteiger partial charge in [0.05, 0.1) is 16.9 Å². The van der Waals surface area contributed by atoms with Crippen LogP contribution in [0.5, 0.6) is 0 Å². The molecular formula is C27H24F2N4. The van der Waals surface area contributed by atoms with E-state index in [9.17, 15) is 0 Å². The van der Waals surface area contributed by atoms with Crippen molar-refractivity contribution < 1.29 is 8.78 Å². The van der Waals surface area contributed by atoms with E-state index in [1.807, 2.05) is 79.0 Å². The first-order valence-electron chi connectivity index (χ1n) is 10.9. The number of nitrogens with zero attached hydrogens (tertiary/aromatic N) is 2. The molecule has 4 aromatic rings. The lowest BCUT2D eigenvalue weighted by Crippen LogP contribution is -2.51. The van der Waals surface area contributed by atoms with Gasteiger partial charge in [0.15, 0.2) is 0 Å². The molecule has 4 nitrogen and oxygen atoms in total. The quantitative estimate of drug-likeness (QED) is 0.388. The van der Waals surface area contributed by atoms with Crippen LogP contribution in [0, 0.1) is 0 Å². The van der Waals surface area contributed by atoms with Crippen molar-refractivity contribution in [3.8, 4) is 0 Å². The zero-order chi connectivity index (χ0) is 22.8. The van der Waals surface area contributed by atoms with Crippen LogP contribution in [0.3, 0.4) is 0 Å². The molecule has 1 aliphatic rings. The van der Waals surface area contributed by atoms with E-state index in [1.54, 1.807) is 6.20 Å². The molecule has 5 rings (SSSR count). The molecule has 0 aliphatic heterocycles. The van der Waals surface area contributed by atoms with Crippen molar-refractivity contribution in [1.82, 2.24) is 9.97 Å². The molecule has 0 saturated carbocycles. The lowest BCUT2D eigenvalue weighted by molar-refractivity contribution is 0.390. The number of allylic oxidation sites excluding steroid dienone is 1. The lowest BCUT2D eigenvalue weighted by atomic mass is 9.80. The van der Waals surface area contributed by atoms with Gasteiger partial charge in [-0.3, -0.25) is 0 Å². The molecule has 0 fully saturated rings. The average Bonchev–Trinajstić information content (AvgIpc) is 3.32. The van der Waals surface area contributed by atoms with Crippen LogP contribution >= 0.6 is 0 Å². The summed E-state index contributed by atoms with van der Waals surface area (Å²) in [6.45, 7) is 0.453. The summed E-state index contributed by atoms with van der Waals surface area (Å²) in [5.41, 5.74) is 7.87. The summed E-state index contributed by atoms with van der Waals surface area (Å²) in [6, 6.07) is 23.5. The lowest BCUT2D eigenvalue weighted by Gasteiger charge is -2.45. The Morgan fingerprint density at radius 2 is 1.64 bits per heavy atom.